The van der Waals surface area contributed by atoms with E-state index in [4.69, 9.17) is 5.26 Å². The van der Waals surface area contributed by atoms with Crippen LogP contribution in [0.5, 0.6) is 0 Å². The maximum Gasteiger partial charge on any atom is 0.106 e. The van der Waals surface area contributed by atoms with E-state index < -0.39 is 0 Å². The highest BCUT2D eigenvalue weighted by Crippen LogP contribution is 2.58. The summed E-state index contributed by atoms with van der Waals surface area (Å²) in [6.45, 7) is 4.04. The summed E-state index contributed by atoms with van der Waals surface area (Å²) < 4.78 is 2.09. The van der Waals surface area contributed by atoms with Crippen molar-refractivity contribution in [2.24, 2.45) is 12.5 Å². The number of nitriles is 1. The number of nitrogens with zero attached hydrogens (tertiary/aromatic N) is 3. The molecule has 3 heteroatoms. The molecule has 1 aliphatic carbocycles. The molecule has 1 saturated carbocycles. The van der Waals surface area contributed by atoms with Crippen LogP contribution in [0.2, 0.25) is 0 Å². The molecule has 1 aromatic carbocycles. The zero-order valence-corrected chi connectivity index (χ0v) is 10.4. The van der Waals surface area contributed by atoms with Crippen LogP contribution in [-0.2, 0) is 7.05 Å². The highest BCUT2D eigenvalue weighted by atomic mass is 15.0. The van der Waals surface area contributed by atoms with E-state index in [1.165, 1.54) is 5.56 Å². The second kappa shape index (κ2) is 3.10. The van der Waals surface area contributed by atoms with Gasteiger partial charge in [-0.25, -0.2) is 4.98 Å². The Bertz CT molecular complexity index is 647. The van der Waals surface area contributed by atoms with Crippen LogP contribution >= 0.6 is 0 Å². The van der Waals surface area contributed by atoms with Gasteiger partial charge in [-0.3, -0.25) is 0 Å². The number of benzene rings is 1. The van der Waals surface area contributed by atoms with Gasteiger partial charge in [-0.2, -0.15) is 5.26 Å². The summed E-state index contributed by atoms with van der Waals surface area (Å²) in [6.07, 6.45) is 0.973. The Morgan fingerprint density at radius 3 is 2.94 bits per heavy atom. The maximum absolute atomic E-state index is 9.09. The van der Waals surface area contributed by atoms with Crippen molar-refractivity contribution in [1.29, 1.82) is 5.26 Å². The summed E-state index contributed by atoms with van der Waals surface area (Å²) in [7, 11) is 2.03. The minimum Gasteiger partial charge on any atom is -0.331 e. The van der Waals surface area contributed by atoms with Gasteiger partial charge < -0.3 is 4.57 Å². The van der Waals surface area contributed by atoms with Crippen LogP contribution < -0.4 is 0 Å². The number of fused-ring (bicyclic) bond motifs is 1. The van der Waals surface area contributed by atoms with E-state index in [1.54, 1.807) is 0 Å². The molecule has 2 unspecified atom stereocenters. The monoisotopic (exact) mass is 225 g/mol. The summed E-state index contributed by atoms with van der Waals surface area (Å²) in [5.74, 6) is 1.41. The quantitative estimate of drug-likeness (QED) is 0.748. The molecule has 0 radical (unpaired) electrons. The Hall–Kier alpha value is -1.82. The molecule has 1 aliphatic rings. The van der Waals surface area contributed by atoms with Crippen molar-refractivity contribution < 1.29 is 0 Å². The topological polar surface area (TPSA) is 41.6 Å². The highest BCUT2D eigenvalue weighted by molar-refractivity contribution is 5.77. The number of aryl methyl sites for hydroxylation is 2. The largest absolute Gasteiger partial charge is 0.331 e. The summed E-state index contributed by atoms with van der Waals surface area (Å²) in [6, 6.07) is 8.78. The Labute approximate surface area is 101 Å². The van der Waals surface area contributed by atoms with E-state index in [2.05, 4.69) is 33.8 Å². The van der Waals surface area contributed by atoms with E-state index in [0.29, 0.717) is 5.92 Å². The number of imidazole rings is 1. The third-order valence-corrected chi connectivity index (χ3v) is 4.02. The lowest BCUT2D eigenvalue weighted by atomic mass is 10.0. The van der Waals surface area contributed by atoms with E-state index in [-0.39, 0.29) is 5.41 Å². The first-order valence-electron chi connectivity index (χ1n) is 5.89. The third kappa shape index (κ3) is 1.37. The van der Waals surface area contributed by atoms with Gasteiger partial charge in [0.05, 0.1) is 22.5 Å². The molecule has 2 atom stereocenters. The minimum atomic E-state index is -0.155. The lowest BCUT2D eigenvalue weighted by Gasteiger charge is -2.02. The predicted molar refractivity (Wildman–Crippen MR) is 66.5 cm³/mol. The Balaban J connectivity index is 2.08. The fourth-order valence-corrected chi connectivity index (χ4v) is 2.53. The zero-order chi connectivity index (χ0) is 12.2. The first kappa shape index (κ1) is 10.3. The Morgan fingerprint density at radius 1 is 1.53 bits per heavy atom. The average Bonchev–Trinajstić information content (AvgIpc) is 2.93. The van der Waals surface area contributed by atoms with Crippen LogP contribution in [0.15, 0.2) is 18.2 Å². The smallest absolute Gasteiger partial charge is 0.106 e. The molecular formula is C14H15N3. The summed E-state index contributed by atoms with van der Waals surface area (Å²) >= 11 is 0. The van der Waals surface area contributed by atoms with E-state index in [9.17, 15) is 0 Å². The Kier molecular flexibility index (Phi) is 1.89. The summed E-state index contributed by atoms with van der Waals surface area (Å²) in [4.78, 5) is 4.54. The van der Waals surface area contributed by atoms with Crippen molar-refractivity contribution in [2.45, 2.75) is 26.2 Å². The fraction of sp³-hybridized carbons (Fsp3) is 0.429. The van der Waals surface area contributed by atoms with E-state index >= 15 is 0 Å². The molecule has 3 nitrogen and oxygen atoms in total. The van der Waals surface area contributed by atoms with Crippen molar-refractivity contribution in [3.63, 3.8) is 0 Å². The molecule has 17 heavy (non-hydrogen) atoms. The standard InChI is InChI=1S/C14H15N3/c1-9-16-12-6-10(4-5-13(12)17(9)3)11-7-14(11,2)8-15/h4-6,11H,7H2,1-3H3. The van der Waals surface area contributed by atoms with Crippen LogP contribution in [0.3, 0.4) is 0 Å². The number of hydrogen-bond donors (Lipinski definition) is 0. The van der Waals surface area contributed by atoms with Crippen LogP contribution in [0, 0.1) is 23.7 Å². The highest BCUT2D eigenvalue weighted by Gasteiger charge is 2.51. The van der Waals surface area contributed by atoms with E-state index in [0.717, 1.165) is 23.3 Å². The average molecular weight is 225 g/mol. The minimum absolute atomic E-state index is 0.155. The van der Waals surface area contributed by atoms with Crippen LogP contribution in [0.4, 0.5) is 0 Å². The van der Waals surface area contributed by atoms with Crippen LogP contribution in [0.1, 0.15) is 30.7 Å². The normalized spacial score (nSPS) is 27.1. The molecular weight excluding hydrogens is 210 g/mol. The predicted octanol–water partition coefficient (Wildman–Crippen LogP) is 2.90. The van der Waals surface area contributed by atoms with E-state index in [1.807, 2.05) is 20.9 Å². The fourth-order valence-electron chi connectivity index (χ4n) is 2.53. The van der Waals surface area contributed by atoms with Crippen molar-refractivity contribution in [3.8, 4) is 6.07 Å². The van der Waals surface area contributed by atoms with Gasteiger partial charge in [0, 0.05) is 13.0 Å². The van der Waals surface area contributed by atoms with Gasteiger partial charge in [-0.15, -0.1) is 0 Å². The molecule has 86 valence electrons. The second-order valence-electron chi connectivity index (χ2n) is 5.25. The lowest BCUT2D eigenvalue weighted by molar-refractivity contribution is 0.727. The zero-order valence-electron chi connectivity index (χ0n) is 10.4. The molecule has 1 heterocycles. The SMILES string of the molecule is Cc1nc2cc(C3CC3(C)C#N)ccc2n1C. The number of aromatic nitrogens is 2. The van der Waals surface area contributed by atoms with Crippen molar-refractivity contribution in [1.82, 2.24) is 9.55 Å². The van der Waals surface area contributed by atoms with Gasteiger partial charge >= 0.3 is 0 Å². The van der Waals surface area contributed by atoms with Crippen LogP contribution in [-0.4, -0.2) is 9.55 Å². The van der Waals surface area contributed by atoms with Gasteiger partial charge in [0.1, 0.15) is 5.82 Å². The van der Waals surface area contributed by atoms with Crippen molar-refractivity contribution in [3.05, 3.63) is 29.6 Å². The van der Waals surface area contributed by atoms with Gasteiger partial charge in [0.2, 0.25) is 0 Å². The number of rotatable bonds is 1. The molecule has 0 spiro atoms. The third-order valence-electron chi connectivity index (χ3n) is 4.02. The molecule has 0 amide bonds. The second-order valence-corrected chi connectivity index (χ2v) is 5.25. The molecule has 0 N–H and O–H groups in total. The lowest BCUT2D eigenvalue weighted by Crippen LogP contribution is -1.93. The molecule has 2 aromatic rings. The molecule has 1 fully saturated rings. The van der Waals surface area contributed by atoms with Crippen molar-refractivity contribution in [2.75, 3.05) is 0 Å². The van der Waals surface area contributed by atoms with Gasteiger partial charge in [0.15, 0.2) is 0 Å². The summed E-state index contributed by atoms with van der Waals surface area (Å²) in [5.41, 5.74) is 3.29. The Morgan fingerprint density at radius 2 is 2.29 bits per heavy atom. The van der Waals surface area contributed by atoms with Gasteiger partial charge in [-0.1, -0.05) is 6.07 Å². The molecule has 0 saturated heterocycles. The molecule has 1 aromatic heterocycles. The molecule has 3 rings (SSSR count). The van der Waals surface area contributed by atoms with Crippen LogP contribution in [0.25, 0.3) is 11.0 Å². The summed E-state index contributed by atoms with van der Waals surface area (Å²) in [5, 5.41) is 9.09. The molecule has 0 bridgehead atoms. The van der Waals surface area contributed by atoms with Crippen molar-refractivity contribution >= 4 is 11.0 Å². The number of hydrogen-bond acceptors (Lipinski definition) is 2. The maximum atomic E-state index is 9.09. The van der Waals surface area contributed by atoms with Gasteiger partial charge in [0.25, 0.3) is 0 Å². The first-order valence-corrected chi connectivity index (χ1v) is 5.89. The molecule has 0 aliphatic heterocycles. The van der Waals surface area contributed by atoms with Gasteiger partial charge in [-0.05, 0) is 38.0 Å². The first-order chi connectivity index (χ1) is 8.05.